The van der Waals surface area contributed by atoms with Gasteiger partial charge in [-0.1, -0.05) is 122 Å². The molecule has 0 unspecified atom stereocenters. The Labute approximate surface area is 227 Å². The molecule has 0 aliphatic rings. The first-order valence-electron chi connectivity index (χ1n) is 13.3. The van der Waals surface area contributed by atoms with E-state index < -0.39 is 10.1 Å². The Balaban J connectivity index is 0. The zero-order chi connectivity index (χ0) is 23.8. The molecule has 0 bridgehead atoms. The molecule has 0 spiro atoms. The summed E-state index contributed by atoms with van der Waals surface area (Å²) in [5.74, 6) is -0.532. The number of unbranched alkanes of at least 4 members (excludes halogenated alkanes) is 18. The molecule has 0 radical (unpaired) electrons. The van der Waals surface area contributed by atoms with E-state index >= 15 is 0 Å². The molecule has 0 heterocycles. The van der Waals surface area contributed by atoms with Crippen molar-refractivity contribution in [1.82, 2.24) is 0 Å². The SMILES string of the molecule is CCCCCCCCCCCCCCCCCCC/C=C/C([O-])=NCCCCS(=O)(=O)O.[Na+]. The molecule has 1 N–H and O–H groups in total. The predicted octanol–water partition coefficient (Wildman–Crippen LogP) is 4.02. The molecule has 190 valence electrons. The standard InChI is InChI=1S/C26H51NO4S.Na/c1-2-3-4-5-6-7-8-9-10-11-12-13-14-15-16-17-18-19-20-23-26(28)27-24-21-22-25-32(29,30)31;/h20,23H,2-19,21-22,24-25H2,1H3,(H,27,28)(H,29,30,31);/q;+1/p-1/b23-20+;. The van der Waals surface area contributed by atoms with Crippen LogP contribution in [0.15, 0.2) is 17.1 Å². The minimum atomic E-state index is -3.91. The van der Waals surface area contributed by atoms with E-state index in [1.165, 1.54) is 109 Å². The summed E-state index contributed by atoms with van der Waals surface area (Å²) in [6.45, 7) is 2.58. The van der Waals surface area contributed by atoms with Crippen molar-refractivity contribution in [3.05, 3.63) is 12.2 Å². The maximum Gasteiger partial charge on any atom is 1.00 e. The van der Waals surface area contributed by atoms with Crippen LogP contribution in [-0.4, -0.2) is 31.2 Å². The molecule has 0 amide bonds. The summed E-state index contributed by atoms with van der Waals surface area (Å²) in [7, 11) is -3.91. The van der Waals surface area contributed by atoms with E-state index in [1.54, 1.807) is 0 Å². The van der Waals surface area contributed by atoms with Crippen LogP contribution in [0.5, 0.6) is 0 Å². The van der Waals surface area contributed by atoms with Gasteiger partial charge < -0.3 is 10.1 Å². The number of aliphatic imine (C=N–C) groups is 1. The van der Waals surface area contributed by atoms with Crippen LogP contribution in [0.1, 0.15) is 135 Å². The fraction of sp³-hybridized carbons (Fsp3) is 0.885. The van der Waals surface area contributed by atoms with Gasteiger partial charge in [0.25, 0.3) is 10.1 Å². The molecule has 0 fully saturated rings. The molecule has 33 heavy (non-hydrogen) atoms. The summed E-state index contributed by atoms with van der Waals surface area (Å²) < 4.78 is 29.8. The summed E-state index contributed by atoms with van der Waals surface area (Å²) in [4.78, 5) is 3.86. The molecule has 0 aliphatic heterocycles. The van der Waals surface area contributed by atoms with Crippen LogP contribution in [0.4, 0.5) is 0 Å². The third kappa shape index (κ3) is 32.1. The van der Waals surface area contributed by atoms with Crippen molar-refractivity contribution in [2.45, 2.75) is 135 Å². The van der Waals surface area contributed by atoms with Crippen molar-refractivity contribution >= 4 is 16.0 Å². The van der Waals surface area contributed by atoms with Crippen LogP contribution >= 0.6 is 0 Å². The van der Waals surface area contributed by atoms with Crippen LogP contribution in [-0.2, 0) is 10.1 Å². The van der Waals surface area contributed by atoms with E-state index in [2.05, 4.69) is 11.9 Å². The van der Waals surface area contributed by atoms with Crippen molar-refractivity contribution in [3.8, 4) is 0 Å². The van der Waals surface area contributed by atoms with Crippen LogP contribution in [0.3, 0.4) is 0 Å². The molecule has 7 heteroatoms. The number of allylic oxidation sites excluding steroid dienone is 1. The fourth-order valence-corrected chi connectivity index (χ4v) is 4.38. The topological polar surface area (TPSA) is 89.8 Å². The number of nitrogens with zero attached hydrogens (tertiary/aromatic N) is 1. The van der Waals surface area contributed by atoms with Crippen molar-refractivity contribution in [2.24, 2.45) is 4.99 Å². The van der Waals surface area contributed by atoms with E-state index in [0.29, 0.717) is 19.4 Å². The second-order valence-electron chi connectivity index (χ2n) is 9.06. The Kier molecular flexibility index (Phi) is 28.6. The van der Waals surface area contributed by atoms with Gasteiger partial charge in [0.05, 0.1) is 5.75 Å². The zero-order valence-corrected chi connectivity index (χ0v) is 24.6. The molecular formula is C26H50NNaO4S. The summed E-state index contributed by atoms with van der Waals surface area (Å²) in [6.07, 6.45) is 28.3. The van der Waals surface area contributed by atoms with Crippen LogP contribution in [0.25, 0.3) is 0 Å². The average Bonchev–Trinajstić information content (AvgIpc) is 2.74. The first-order chi connectivity index (χ1) is 15.5. The monoisotopic (exact) mass is 495 g/mol. The molecule has 0 saturated heterocycles. The molecule has 0 aromatic rings. The minimum absolute atomic E-state index is 0. The van der Waals surface area contributed by atoms with Gasteiger partial charge in [-0.3, -0.25) is 4.55 Å². The molecule has 0 atom stereocenters. The summed E-state index contributed by atoms with van der Waals surface area (Å²) in [5, 5.41) is 11.6. The maximum atomic E-state index is 11.6. The number of rotatable bonds is 24. The van der Waals surface area contributed by atoms with Gasteiger partial charge in [0.1, 0.15) is 0 Å². The third-order valence-corrected chi connectivity index (χ3v) is 6.62. The van der Waals surface area contributed by atoms with Crippen LogP contribution in [0.2, 0.25) is 0 Å². The quantitative estimate of drug-likeness (QED) is 0.0720. The van der Waals surface area contributed by atoms with Crippen molar-refractivity contribution in [1.29, 1.82) is 0 Å². The third-order valence-electron chi connectivity index (χ3n) is 5.81. The Morgan fingerprint density at radius 3 is 1.58 bits per heavy atom. The van der Waals surface area contributed by atoms with Gasteiger partial charge >= 0.3 is 29.6 Å². The summed E-state index contributed by atoms with van der Waals surface area (Å²) in [6, 6.07) is 0. The summed E-state index contributed by atoms with van der Waals surface area (Å²) >= 11 is 0. The summed E-state index contributed by atoms with van der Waals surface area (Å²) in [5.41, 5.74) is 0. The molecule has 0 aliphatic carbocycles. The first-order valence-corrected chi connectivity index (χ1v) is 14.9. The second-order valence-corrected chi connectivity index (χ2v) is 10.6. The maximum absolute atomic E-state index is 11.6. The Morgan fingerprint density at radius 1 is 0.727 bits per heavy atom. The Hall–Kier alpha value is 0.120. The van der Waals surface area contributed by atoms with E-state index in [1.807, 2.05) is 6.08 Å². The number of hydrogen-bond acceptors (Lipinski definition) is 4. The van der Waals surface area contributed by atoms with E-state index in [0.717, 1.165) is 12.8 Å². The number of hydrogen-bond donors (Lipinski definition) is 1. The van der Waals surface area contributed by atoms with Crippen molar-refractivity contribution < 1.29 is 47.6 Å². The van der Waals surface area contributed by atoms with Gasteiger partial charge in [-0.15, -0.1) is 0 Å². The van der Waals surface area contributed by atoms with Gasteiger partial charge in [-0.2, -0.15) is 8.42 Å². The molecule has 0 saturated carbocycles. The Bertz CT molecular complexity index is 565. The van der Waals surface area contributed by atoms with Gasteiger partial charge in [0.15, 0.2) is 0 Å². The molecule has 0 aromatic carbocycles. The van der Waals surface area contributed by atoms with E-state index in [4.69, 9.17) is 4.55 Å². The molecular weight excluding hydrogens is 445 g/mol. The van der Waals surface area contributed by atoms with Gasteiger partial charge in [0.2, 0.25) is 0 Å². The molecule has 0 aromatic heterocycles. The van der Waals surface area contributed by atoms with Crippen molar-refractivity contribution in [3.63, 3.8) is 0 Å². The largest absolute Gasteiger partial charge is 1.00 e. The molecule has 5 nitrogen and oxygen atoms in total. The van der Waals surface area contributed by atoms with Crippen LogP contribution in [0, 0.1) is 0 Å². The van der Waals surface area contributed by atoms with Crippen molar-refractivity contribution in [2.75, 3.05) is 12.3 Å². The second kappa shape index (κ2) is 26.7. The smallest absolute Gasteiger partial charge is 0.859 e. The van der Waals surface area contributed by atoms with E-state index in [-0.39, 0.29) is 41.2 Å². The van der Waals surface area contributed by atoms with Gasteiger partial charge in [0, 0.05) is 6.54 Å². The van der Waals surface area contributed by atoms with Crippen LogP contribution < -0.4 is 34.7 Å². The minimum Gasteiger partial charge on any atom is -0.859 e. The first kappa shape index (κ1) is 35.3. The predicted molar refractivity (Wildman–Crippen MR) is 136 cm³/mol. The Morgan fingerprint density at radius 2 is 1.15 bits per heavy atom. The van der Waals surface area contributed by atoms with Gasteiger partial charge in [-0.25, -0.2) is 0 Å². The molecule has 0 rings (SSSR count). The van der Waals surface area contributed by atoms with Gasteiger partial charge in [-0.05, 0) is 31.6 Å². The fourth-order valence-electron chi connectivity index (χ4n) is 3.81. The van der Waals surface area contributed by atoms with E-state index in [9.17, 15) is 13.5 Å². The average molecular weight is 496 g/mol. The normalized spacial score (nSPS) is 12.4. The zero-order valence-electron chi connectivity index (χ0n) is 21.7.